The van der Waals surface area contributed by atoms with Gasteiger partial charge < -0.3 is 0 Å². The molecule has 8 heteroatoms. The summed E-state index contributed by atoms with van der Waals surface area (Å²) in [4.78, 5) is 0. The first-order valence-electron chi connectivity index (χ1n) is 2.43. The normalized spacial score (nSPS) is 18.4. The van der Waals surface area contributed by atoms with Crippen molar-refractivity contribution in [3.8, 4) is 0 Å². The van der Waals surface area contributed by atoms with E-state index >= 15 is 0 Å². The molecule has 0 aliphatic carbocycles. The fourth-order valence-electron chi connectivity index (χ4n) is 0.238. The molecule has 0 heterocycles. The number of nitrogens with one attached hydrogen (secondary N) is 1. The van der Waals surface area contributed by atoms with E-state index in [4.69, 9.17) is 23.2 Å². The molecule has 68 valence electrons. The molecule has 0 radical (unpaired) electrons. The lowest BCUT2D eigenvalue weighted by atomic mass is 11.3. The van der Waals surface area contributed by atoms with Gasteiger partial charge in [-0.05, 0) is 23.2 Å². The van der Waals surface area contributed by atoms with Gasteiger partial charge in [-0.2, -0.15) is 9.11 Å². The van der Waals surface area contributed by atoms with Crippen LogP contribution in [-0.2, 0) is 20.1 Å². The van der Waals surface area contributed by atoms with Gasteiger partial charge in [0.2, 0.25) is 0 Å². The Bertz CT molecular complexity index is 222. The topological polar surface area (TPSA) is 32.3 Å². The van der Waals surface area contributed by atoms with Crippen LogP contribution in [0.2, 0.25) is 0 Å². The lowest BCUT2D eigenvalue weighted by Crippen LogP contribution is -2.42. The third-order valence-electron chi connectivity index (χ3n) is 0.725. The molecule has 0 saturated heterocycles. The molecule has 0 rings (SSSR count). The van der Waals surface area contributed by atoms with E-state index < -0.39 is 13.6 Å². The molecule has 0 saturated carbocycles. The number of nitrogens with zero attached hydrogens (tertiary/aromatic N) is 1. The van der Waals surface area contributed by atoms with Crippen LogP contribution in [0.25, 0.3) is 0 Å². The van der Waals surface area contributed by atoms with Gasteiger partial charge >= 0.3 is 4.71 Å². The molecular formula is C3H7Cl2FN2OS2. The Balaban J connectivity index is 4.40. The Morgan fingerprint density at radius 1 is 1.64 bits per heavy atom. The number of halogens is 3. The van der Waals surface area contributed by atoms with Crippen molar-refractivity contribution in [2.45, 2.75) is 4.71 Å². The average Bonchev–Trinajstić information content (AvgIpc) is 1.56. The van der Waals surface area contributed by atoms with Crippen LogP contribution in [0, 0.1) is 0 Å². The van der Waals surface area contributed by atoms with Gasteiger partial charge in [-0.25, -0.2) is 8.51 Å². The first-order chi connectivity index (χ1) is 4.65. The van der Waals surface area contributed by atoms with Gasteiger partial charge in [0.25, 0.3) is 0 Å². The number of hydrogen-bond donors (Lipinski definition) is 1. The molecule has 0 aliphatic heterocycles. The van der Waals surface area contributed by atoms with E-state index in [2.05, 4.69) is 11.2 Å². The summed E-state index contributed by atoms with van der Waals surface area (Å²) < 4.78 is 23.6. The highest BCUT2D eigenvalue weighted by Gasteiger charge is 2.27. The van der Waals surface area contributed by atoms with Crippen LogP contribution in [0.5, 0.6) is 0 Å². The second-order valence-electron chi connectivity index (χ2n) is 1.89. The Morgan fingerprint density at radius 3 is 2.09 bits per heavy atom. The number of alkyl halides is 3. The van der Waals surface area contributed by atoms with Gasteiger partial charge in [-0.3, -0.25) is 0 Å². The van der Waals surface area contributed by atoms with Gasteiger partial charge in [0, 0.05) is 25.3 Å². The lowest BCUT2D eigenvalue weighted by Gasteiger charge is -2.18. The highest BCUT2D eigenvalue weighted by molar-refractivity contribution is 8.30. The molecule has 1 atom stereocenters. The van der Waals surface area contributed by atoms with Crippen molar-refractivity contribution in [3.05, 3.63) is 0 Å². The monoisotopic (exact) mass is 240 g/mol. The summed E-state index contributed by atoms with van der Waals surface area (Å²) in [6.45, 7) is 0. The molecule has 0 aromatic heterocycles. The summed E-state index contributed by atoms with van der Waals surface area (Å²) in [6, 6.07) is 0. The Morgan fingerprint density at radius 2 is 2.00 bits per heavy atom. The zero-order valence-corrected chi connectivity index (χ0v) is 8.95. The molecule has 0 bridgehead atoms. The smallest absolute Gasteiger partial charge is 0.225 e. The highest BCUT2D eigenvalue weighted by Crippen LogP contribution is 2.19. The third-order valence-corrected chi connectivity index (χ3v) is 3.78. The second kappa shape index (κ2) is 3.68. The van der Waals surface area contributed by atoms with E-state index in [1.165, 1.54) is 14.1 Å². The van der Waals surface area contributed by atoms with Crippen LogP contribution in [0.15, 0.2) is 0 Å². The third kappa shape index (κ3) is 5.10. The SMILES string of the molecule is CN(C)S(=O)(=S)NC(F)(Cl)Cl. The van der Waals surface area contributed by atoms with E-state index in [-0.39, 0.29) is 0 Å². The maximum absolute atomic E-state index is 12.4. The van der Waals surface area contributed by atoms with E-state index in [0.717, 1.165) is 4.31 Å². The molecule has 1 unspecified atom stereocenters. The predicted octanol–water partition coefficient (Wildman–Crippen LogP) is 0.772. The van der Waals surface area contributed by atoms with Crippen molar-refractivity contribution in [2.75, 3.05) is 14.1 Å². The average molecular weight is 241 g/mol. The van der Waals surface area contributed by atoms with Crippen molar-refractivity contribution in [1.29, 1.82) is 0 Å². The molecule has 3 nitrogen and oxygen atoms in total. The molecule has 0 fully saturated rings. The molecule has 1 N–H and O–H groups in total. The van der Waals surface area contributed by atoms with Crippen molar-refractivity contribution >= 4 is 43.3 Å². The van der Waals surface area contributed by atoms with Crippen molar-refractivity contribution < 1.29 is 8.60 Å². The van der Waals surface area contributed by atoms with Gasteiger partial charge in [0.1, 0.15) is 0 Å². The molecule has 11 heavy (non-hydrogen) atoms. The van der Waals surface area contributed by atoms with Crippen molar-refractivity contribution in [1.82, 2.24) is 9.03 Å². The minimum atomic E-state index is -3.08. The molecule has 0 aromatic rings. The first-order valence-corrected chi connectivity index (χ1v) is 5.63. The molecular weight excluding hydrogens is 234 g/mol. The summed E-state index contributed by atoms with van der Waals surface area (Å²) in [6.07, 6.45) is 0. The van der Waals surface area contributed by atoms with E-state index in [9.17, 15) is 8.60 Å². The first kappa shape index (κ1) is 11.8. The minimum absolute atomic E-state index is 1.11. The van der Waals surface area contributed by atoms with Crippen LogP contribution >= 0.6 is 23.2 Å². The quantitative estimate of drug-likeness (QED) is 0.584. The van der Waals surface area contributed by atoms with Crippen LogP contribution < -0.4 is 4.72 Å². The summed E-state index contributed by atoms with van der Waals surface area (Å²) in [5.41, 5.74) is 0. The Hall–Kier alpha value is 0.800. The largest absolute Gasteiger partial charge is 0.325 e. The standard InChI is InChI=1S/C3H7Cl2FN2OS2/c1-8(2)11(9,10)7-3(4,5)6/h7H,1-2H3. The fourth-order valence-corrected chi connectivity index (χ4v) is 1.96. The zero-order valence-electron chi connectivity index (χ0n) is 5.81. The van der Waals surface area contributed by atoms with E-state index in [1.807, 2.05) is 0 Å². The second-order valence-corrected chi connectivity index (χ2v) is 6.36. The summed E-state index contributed by atoms with van der Waals surface area (Å²) in [5, 5.41) is 0. The predicted molar refractivity (Wildman–Crippen MR) is 47.9 cm³/mol. The van der Waals surface area contributed by atoms with Gasteiger partial charge in [-0.1, -0.05) is 0 Å². The number of rotatable bonds is 3. The van der Waals surface area contributed by atoms with Gasteiger partial charge in [-0.15, -0.1) is 0 Å². The summed E-state index contributed by atoms with van der Waals surface area (Å²) >= 11 is 14.2. The number of hydrogen-bond acceptors (Lipinski definition) is 2. The highest BCUT2D eigenvalue weighted by atomic mass is 35.5. The minimum Gasteiger partial charge on any atom is -0.225 e. The molecule has 0 spiro atoms. The maximum Gasteiger partial charge on any atom is 0.325 e. The van der Waals surface area contributed by atoms with Crippen LogP contribution in [0.4, 0.5) is 4.39 Å². The Kier molecular flexibility index (Phi) is 3.94. The van der Waals surface area contributed by atoms with Crippen LogP contribution in [-0.4, -0.2) is 27.3 Å². The van der Waals surface area contributed by atoms with Crippen molar-refractivity contribution in [3.63, 3.8) is 0 Å². The maximum atomic E-state index is 12.4. The van der Waals surface area contributed by atoms with E-state index in [0.29, 0.717) is 0 Å². The summed E-state index contributed by atoms with van der Waals surface area (Å²) in [7, 11) is -0.241. The van der Waals surface area contributed by atoms with Crippen molar-refractivity contribution in [2.24, 2.45) is 0 Å². The van der Waals surface area contributed by atoms with Crippen LogP contribution in [0.3, 0.4) is 0 Å². The molecule has 0 amide bonds. The zero-order chi connectivity index (χ0) is 9.28. The summed E-state index contributed by atoms with van der Waals surface area (Å²) in [5.74, 6) is 0. The fraction of sp³-hybridized carbons (Fsp3) is 1.00. The van der Waals surface area contributed by atoms with Crippen LogP contribution in [0.1, 0.15) is 0 Å². The van der Waals surface area contributed by atoms with E-state index in [1.54, 1.807) is 4.72 Å². The lowest BCUT2D eigenvalue weighted by molar-refractivity contribution is 0.371. The van der Waals surface area contributed by atoms with Gasteiger partial charge in [0.15, 0.2) is 8.86 Å². The van der Waals surface area contributed by atoms with Gasteiger partial charge in [0.05, 0.1) is 0 Å². The molecule has 0 aliphatic rings. The molecule has 0 aromatic carbocycles. The Labute approximate surface area is 79.8 Å².